The highest BCUT2D eigenvalue weighted by molar-refractivity contribution is 5.91. The van der Waals surface area contributed by atoms with E-state index >= 15 is 0 Å². The fraction of sp³-hybridized carbons (Fsp3) is 0.400. The van der Waals surface area contributed by atoms with E-state index in [1.54, 1.807) is 11.8 Å². The first-order valence-electron chi connectivity index (χ1n) is 5.26. The number of anilines is 1. The number of nitrogens with two attached hydrogens (primary N) is 1. The van der Waals surface area contributed by atoms with E-state index < -0.39 is 5.91 Å². The monoisotopic (exact) mass is 235 g/mol. The lowest BCUT2D eigenvalue weighted by Crippen LogP contribution is -2.54. The van der Waals surface area contributed by atoms with Crippen molar-refractivity contribution in [3.63, 3.8) is 0 Å². The van der Waals surface area contributed by atoms with Crippen LogP contribution in [0.1, 0.15) is 17.4 Å². The molecular weight excluding hydrogens is 222 g/mol. The molecule has 17 heavy (non-hydrogen) atoms. The normalized spacial score (nSPS) is 19.9. The van der Waals surface area contributed by atoms with Gasteiger partial charge in [0.2, 0.25) is 5.91 Å². The summed E-state index contributed by atoms with van der Waals surface area (Å²) in [5.74, 6) is -0.209. The quantitative estimate of drug-likeness (QED) is 0.677. The molecule has 90 valence electrons. The van der Waals surface area contributed by atoms with Gasteiger partial charge in [0.15, 0.2) is 0 Å². The first-order valence-corrected chi connectivity index (χ1v) is 5.26. The Labute approximate surface area is 98.0 Å². The molecule has 1 aromatic heterocycles. The molecule has 0 saturated carbocycles. The average Bonchev–Trinajstić information content (AvgIpc) is 2.33. The lowest BCUT2D eigenvalue weighted by molar-refractivity contribution is -0.122. The Hall–Kier alpha value is -2.18. The molecule has 0 radical (unpaired) electrons. The van der Waals surface area contributed by atoms with Gasteiger partial charge in [0, 0.05) is 13.1 Å². The van der Waals surface area contributed by atoms with E-state index in [1.807, 2.05) is 0 Å². The van der Waals surface area contributed by atoms with Crippen molar-refractivity contribution in [3.05, 3.63) is 18.1 Å². The molecule has 1 saturated heterocycles. The molecule has 2 amide bonds. The predicted octanol–water partition coefficient (Wildman–Crippen LogP) is -1.10. The summed E-state index contributed by atoms with van der Waals surface area (Å²) in [5.41, 5.74) is 5.23. The van der Waals surface area contributed by atoms with Gasteiger partial charge in [-0.05, 0) is 6.92 Å². The van der Waals surface area contributed by atoms with Crippen molar-refractivity contribution in [2.24, 2.45) is 5.73 Å². The van der Waals surface area contributed by atoms with E-state index in [0.29, 0.717) is 18.9 Å². The molecule has 1 atom stereocenters. The molecule has 1 aliphatic heterocycles. The fourth-order valence-electron chi connectivity index (χ4n) is 1.71. The van der Waals surface area contributed by atoms with Gasteiger partial charge in [0.05, 0.1) is 12.4 Å². The van der Waals surface area contributed by atoms with E-state index in [9.17, 15) is 9.59 Å². The summed E-state index contributed by atoms with van der Waals surface area (Å²) in [6.07, 6.45) is 2.82. The third-order valence-corrected chi connectivity index (χ3v) is 2.67. The molecule has 7 heteroatoms. The van der Waals surface area contributed by atoms with Gasteiger partial charge in [0.25, 0.3) is 5.91 Å². The second-order valence-electron chi connectivity index (χ2n) is 3.79. The van der Waals surface area contributed by atoms with Gasteiger partial charge < -0.3 is 16.0 Å². The number of carbonyl (C=O) groups is 2. The predicted molar refractivity (Wildman–Crippen MR) is 60.4 cm³/mol. The molecule has 0 aromatic carbocycles. The number of hydrogen-bond donors (Lipinski definition) is 2. The van der Waals surface area contributed by atoms with Crippen LogP contribution in [0.3, 0.4) is 0 Å². The van der Waals surface area contributed by atoms with Crippen molar-refractivity contribution in [2.45, 2.75) is 13.0 Å². The second kappa shape index (κ2) is 4.36. The highest BCUT2D eigenvalue weighted by Gasteiger charge is 2.26. The number of carbonyl (C=O) groups excluding carboxylic acids is 2. The highest BCUT2D eigenvalue weighted by Crippen LogP contribution is 2.15. The lowest BCUT2D eigenvalue weighted by atomic mass is 10.2. The van der Waals surface area contributed by atoms with Gasteiger partial charge in [-0.3, -0.25) is 14.6 Å². The Morgan fingerprint density at radius 3 is 3.06 bits per heavy atom. The van der Waals surface area contributed by atoms with Crippen LogP contribution in [-0.4, -0.2) is 40.9 Å². The fourth-order valence-corrected chi connectivity index (χ4v) is 1.71. The molecule has 2 heterocycles. The molecule has 3 N–H and O–H groups in total. The van der Waals surface area contributed by atoms with E-state index in [1.165, 1.54) is 12.4 Å². The van der Waals surface area contributed by atoms with Crippen LogP contribution in [0.4, 0.5) is 5.82 Å². The Balaban J connectivity index is 2.29. The van der Waals surface area contributed by atoms with Crippen LogP contribution >= 0.6 is 0 Å². The van der Waals surface area contributed by atoms with Gasteiger partial charge in [-0.2, -0.15) is 0 Å². The minimum absolute atomic E-state index is 0.0671. The maximum absolute atomic E-state index is 11.5. The summed E-state index contributed by atoms with van der Waals surface area (Å²) in [4.78, 5) is 32.3. The summed E-state index contributed by atoms with van der Waals surface area (Å²) in [6, 6.07) is -0.332. The zero-order chi connectivity index (χ0) is 12.4. The minimum atomic E-state index is -0.631. The largest absolute Gasteiger partial charge is 0.364 e. The zero-order valence-electron chi connectivity index (χ0n) is 9.38. The smallest absolute Gasteiger partial charge is 0.268 e. The van der Waals surface area contributed by atoms with Crippen LogP contribution in [-0.2, 0) is 4.79 Å². The van der Waals surface area contributed by atoms with Gasteiger partial charge in [-0.1, -0.05) is 0 Å². The first-order chi connectivity index (χ1) is 8.09. The third-order valence-electron chi connectivity index (χ3n) is 2.67. The number of aromatic nitrogens is 2. The third kappa shape index (κ3) is 2.17. The first kappa shape index (κ1) is 11.3. The number of rotatable bonds is 2. The van der Waals surface area contributed by atoms with Crippen LogP contribution in [0, 0.1) is 0 Å². The van der Waals surface area contributed by atoms with Crippen molar-refractivity contribution >= 4 is 17.6 Å². The minimum Gasteiger partial charge on any atom is -0.364 e. The summed E-state index contributed by atoms with van der Waals surface area (Å²) in [6.45, 7) is 2.95. The van der Waals surface area contributed by atoms with Crippen molar-refractivity contribution in [3.8, 4) is 0 Å². The van der Waals surface area contributed by atoms with Crippen molar-refractivity contribution in [1.29, 1.82) is 0 Å². The number of nitrogens with zero attached hydrogens (tertiary/aromatic N) is 3. The SMILES string of the molecule is CC1C(=O)NCCN1c1cncc(C(N)=O)n1. The Bertz CT molecular complexity index is 462. The molecule has 0 spiro atoms. The van der Waals surface area contributed by atoms with E-state index in [2.05, 4.69) is 15.3 Å². The molecule has 7 nitrogen and oxygen atoms in total. The van der Waals surface area contributed by atoms with Crippen LogP contribution < -0.4 is 16.0 Å². The molecule has 0 aliphatic carbocycles. The van der Waals surface area contributed by atoms with Crippen molar-refractivity contribution in [2.75, 3.05) is 18.0 Å². The standard InChI is InChI=1S/C10H13N5O2/c1-6-10(17)13-2-3-15(6)8-5-12-4-7(14-8)9(11)16/h4-6H,2-3H2,1H3,(H2,11,16)(H,13,17). The van der Waals surface area contributed by atoms with Gasteiger partial charge >= 0.3 is 0 Å². The molecule has 1 aliphatic rings. The number of nitrogens with one attached hydrogen (secondary N) is 1. The second-order valence-corrected chi connectivity index (χ2v) is 3.79. The maximum atomic E-state index is 11.5. The molecule has 1 fully saturated rings. The summed E-state index contributed by atoms with van der Waals surface area (Å²) in [5, 5.41) is 2.75. The van der Waals surface area contributed by atoms with E-state index in [-0.39, 0.29) is 17.6 Å². The van der Waals surface area contributed by atoms with Crippen LogP contribution in [0.15, 0.2) is 12.4 Å². The van der Waals surface area contributed by atoms with E-state index in [4.69, 9.17) is 5.73 Å². The van der Waals surface area contributed by atoms with Crippen LogP contribution in [0.2, 0.25) is 0 Å². The molecule has 1 aromatic rings. The summed E-state index contributed by atoms with van der Waals surface area (Å²) in [7, 11) is 0. The molecule has 0 bridgehead atoms. The van der Waals surface area contributed by atoms with Gasteiger partial charge in [0.1, 0.15) is 17.6 Å². The number of hydrogen-bond acceptors (Lipinski definition) is 5. The maximum Gasteiger partial charge on any atom is 0.268 e. The lowest BCUT2D eigenvalue weighted by Gasteiger charge is -2.33. The molecule has 2 rings (SSSR count). The average molecular weight is 235 g/mol. The van der Waals surface area contributed by atoms with Crippen molar-refractivity contribution < 1.29 is 9.59 Å². The highest BCUT2D eigenvalue weighted by atomic mass is 16.2. The summed E-state index contributed by atoms with van der Waals surface area (Å²) < 4.78 is 0. The van der Waals surface area contributed by atoms with Crippen LogP contribution in [0.5, 0.6) is 0 Å². The van der Waals surface area contributed by atoms with Gasteiger partial charge in [-0.15, -0.1) is 0 Å². The number of amides is 2. The molecular formula is C10H13N5O2. The number of primary amides is 1. The van der Waals surface area contributed by atoms with E-state index in [0.717, 1.165) is 0 Å². The topological polar surface area (TPSA) is 101 Å². The molecule has 1 unspecified atom stereocenters. The Morgan fingerprint density at radius 1 is 1.59 bits per heavy atom. The number of piperazine rings is 1. The Kier molecular flexibility index (Phi) is 2.90. The Morgan fingerprint density at radius 2 is 2.35 bits per heavy atom. The summed E-state index contributed by atoms with van der Waals surface area (Å²) >= 11 is 0. The van der Waals surface area contributed by atoms with Crippen LogP contribution in [0.25, 0.3) is 0 Å². The zero-order valence-corrected chi connectivity index (χ0v) is 9.38. The van der Waals surface area contributed by atoms with Crippen molar-refractivity contribution in [1.82, 2.24) is 15.3 Å². The van der Waals surface area contributed by atoms with Gasteiger partial charge in [-0.25, -0.2) is 4.98 Å².